The Morgan fingerprint density at radius 3 is 2.95 bits per heavy atom. The van der Waals surface area contributed by atoms with E-state index in [-0.39, 0.29) is 23.9 Å². The molecule has 19 heavy (non-hydrogen) atoms. The number of hydrogen-bond acceptors (Lipinski definition) is 5. The number of H-pyrrole nitrogens is 2. The Labute approximate surface area is 114 Å². The maximum Gasteiger partial charge on any atom is 0.272 e. The van der Waals surface area contributed by atoms with Crippen LogP contribution in [-0.4, -0.2) is 25.3 Å². The average Bonchev–Trinajstić information content (AvgIpc) is 2.98. The van der Waals surface area contributed by atoms with E-state index >= 15 is 0 Å². The van der Waals surface area contributed by atoms with Crippen LogP contribution in [0.15, 0.2) is 19.9 Å². The van der Waals surface area contributed by atoms with Gasteiger partial charge in [0, 0.05) is 21.7 Å². The topological polar surface area (TPSA) is 108 Å². The molecule has 0 aliphatic heterocycles. The van der Waals surface area contributed by atoms with Crippen LogP contribution >= 0.6 is 15.9 Å². The number of aryl methyl sites for hydroxylation is 1. The molecule has 0 atom stereocenters. The minimum Gasteiger partial charge on any atom is -0.418 e. The van der Waals surface area contributed by atoms with Gasteiger partial charge in [0.2, 0.25) is 11.8 Å². The molecular formula is C11H9BrN4O3. The summed E-state index contributed by atoms with van der Waals surface area (Å²) in [7, 11) is 0. The Bertz CT molecular complexity index is 817. The molecule has 0 bridgehead atoms. The summed E-state index contributed by atoms with van der Waals surface area (Å²) in [6.07, 6.45) is 1.56. The van der Waals surface area contributed by atoms with Gasteiger partial charge >= 0.3 is 0 Å². The van der Waals surface area contributed by atoms with Crippen molar-refractivity contribution in [1.82, 2.24) is 20.2 Å². The number of pyridine rings is 1. The standard InChI is InChI=1S/C11H9BrN4O3/c1-4-7(11-16-15-6(3-17)19-11)8-5(12)2-13-10(18)9(8)14-4/h2,14,17H,3H2,1H3,(H,13,18). The van der Waals surface area contributed by atoms with Gasteiger partial charge in [0.1, 0.15) is 12.1 Å². The van der Waals surface area contributed by atoms with Crippen molar-refractivity contribution in [2.75, 3.05) is 0 Å². The molecule has 0 aromatic carbocycles. The molecule has 0 fully saturated rings. The van der Waals surface area contributed by atoms with Gasteiger partial charge in [-0.1, -0.05) is 0 Å². The maximum atomic E-state index is 11.8. The lowest BCUT2D eigenvalue weighted by molar-refractivity contribution is 0.241. The molecule has 0 unspecified atom stereocenters. The van der Waals surface area contributed by atoms with E-state index in [4.69, 9.17) is 9.52 Å². The lowest BCUT2D eigenvalue weighted by atomic mass is 10.1. The fourth-order valence-electron chi connectivity index (χ4n) is 1.99. The smallest absolute Gasteiger partial charge is 0.272 e. The zero-order chi connectivity index (χ0) is 13.6. The molecule has 3 rings (SSSR count). The number of hydrogen-bond donors (Lipinski definition) is 3. The second kappa shape index (κ2) is 4.32. The Kier molecular flexibility index (Phi) is 2.76. The molecule has 3 N–H and O–H groups in total. The van der Waals surface area contributed by atoms with Gasteiger partial charge in [-0.25, -0.2) is 0 Å². The zero-order valence-electron chi connectivity index (χ0n) is 9.82. The number of nitrogens with zero attached hydrogens (tertiary/aromatic N) is 2. The first-order valence-electron chi connectivity index (χ1n) is 5.45. The molecule has 0 radical (unpaired) electrons. The summed E-state index contributed by atoms with van der Waals surface area (Å²) in [4.78, 5) is 17.4. The second-order valence-corrected chi connectivity index (χ2v) is 4.85. The summed E-state index contributed by atoms with van der Waals surface area (Å²) in [6, 6.07) is 0. The average molecular weight is 325 g/mol. The van der Waals surface area contributed by atoms with E-state index in [0.717, 1.165) is 5.69 Å². The highest BCUT2D eigenvalue weighted by molar-refractivity contribution is 9.10. The molecular weight excluding hydrogens is 316 g/mol. The number of aliphatic hydroxyl groups is 1. The largest absolute Gasteiger partial charge is 0.418 e. The molecule has 3 aromatic rings. The van der Waals surface area contributed by atoms with Crippen molar-refractivity contribution < 1.29 is 9.52 Å². The summed E-state index contributed by atoms with van der Waals surface area (Å²) in [5.74, 6) is 0.392. The van der Waals surface area contributed by atoms with E-state index in [0.29, 0.717) is 20.9 Å². The zero-order valence-corrected chi connectivity index (χ0v) is 11.4. The van der Waals surface area contributed by atoms with Crippen molar-refractivity contribution in [1.29, 1.82) is 0 Å². The van der Waals surface area contributed by atoms with Gasteiger partial charge in [-0.2, -0.15) is 0 Å². The number of aromatic amines is 2. The number of rotatable bonds is 2. The van der Waals surface area contributed by atoms with Crippen molar-refractivity contribution in [2.45, 2.75) is 13.5 Å². The number of aliphatic hydroxyl groups excluding tert-OH is 1. The van der Waals surface area contributed by atoms with Crippen molar-refractivity contribution in [3.8, 4) is 11.5 Å². The van der Waals surface area contributed by atoms with Crippen LogP contribution in [0.5, 0.6) is 0 Å². The van der Waals surface area contributed by atoms with E-state index in [2.05, 4.69) is 36.1 Å². The van der Waals surface area contributed by atoms with E-state index in [1.54, 1.807) is 6.20 Å². The number of aromatic nitrogens is 4. The van der Waals surface area contributed by atoms with Gasteiger partial charge in [0.25, 0.3) is 5.56 Å². The Balaban J connectivity index is 2.37. The minimum atomic E-state index is -0.323. The van der Waals surface area contributed by atoms with E-state index < -0.39 is 0 Å². The second-order valence-electron chi connectivity index (χ2n) is 4.00. The lowest BCUT2D eigenvalue weighted by Gasteiger charge is -1.97. The van der Waals surface area contributed by atoms with E-state index in [9.17, 15) is 4.79 Å². The summed E-state index contributed by atoms with van der Waals surface area (Å²) in [6.45, 7) is 1.49. The minimum absolute atomic E-state index is 0.129. The summed E-state index contributed by atoms with van der Waals surface area (Å²) in [5.41, 5.74) is 1.60. The summed E-state index contributed by atoms with van der Waals surface area (Å²) >= 11 is 3.39. The van der Waals surface area contributed by atoms with Gasteiger partial charge < -0.3 is 19.5 Å². The third-order valence-corrected chi connectivity index (χ3v) is 3.42. The highest BCUT2D eigenvalue weighted by atomic mass is 79.9. The Hall–Kier alpha value is -1.93. The van der Waals surface area contributed by atoms with Gasteiger partial charge in [-0.15, -0.1) is 10.2 Å². The SMILES string of the molecule is Cc1[nH]c2c(=O)[nH]cc(Br)c2c1-c1nnc(CO)o1. The van der Waals surface area contributed by atoms with E-state index in [1.807, 2.05) is 6.92 Å². The van der Waals surface area contributed by atoms with Crippen LogP contribution in [0.1, 0.15) is 11.6 Å². The number of nitrogens with one attached hydrogen (secondary N) is 2. The van der Waals surface area contributed by atoms with Crippen molar-refractivity contribution in [3.63, 3.8) is 0 Å². The predicted molar refractivity (Wildman–Crippen MR) is 70.6 cm³/mol. The predicted octanol–water partition coefficient (Wildman–Crippen LogP) is 1.47. The molecule has 7 nitrogen and oxygen atoms in total. The summed E-state index contributed by atoms with van der Waals surface area (Å²) < 4.78 is 6.05. The van der Waals surface area contributed by atoms with Crippen LogP contribution in [0.3, 0.4) is 0 Å². The fraction of sp³-hybridized carbons (Fsp3) is 0.182. The van der Waals surface area contributed by atoms with Crippen molar-refractivity contribution >= 4 is 26.8 Å². The van der Waals surface area contributed by atoms with Crippen LogP contribution < -0.4 is 5.56 Å². The summed E-state index contributed by atoms with van der Waals surface area (Å²) in [5, 5.41) is 17.2. The first kappa shape index (κ1) is 12.1. The quantitative estimate of drug-likeness (QED) is 0.661. The molecule has 0 aliphatic carbocycles. The molecule has 0 saturated heterocycles. The highest BCUT2D eigenvalue weighted by Crippen LogP contribution is 2.34. The first-order chi connectivity index (χ1) is 9.11. The number of halogens is 1. The van der Waals surface area contributed by atoms with Gasteiger partial charge in [0.05, 0.1) is 5.56 Å². The van der Waals surface area contributed by atoms with E-state index in [1.165, 1.54) is 0 Å². The molecule has 3 aromatic heterocycles. The van der Waals surface area contributed by atoms with Crippen LogP contribution in [0, 0.1) is 6.92 Å². The third-order valence-electron chi connectivity index (χ3n) is 2.80. The third kappa shape index (κ3) is 1.80. The van der Waals surface area contributed by atoms with Gasteiger partial charge in [0.15, 0.2) is 0 Å². The Morgan fingerprint density at radius 2 is 2.26 bits per heavy atom. The molecule has 0 aliphatic rings. The van der Waals surface area contributed by atoms with Gasteiger partial charge in [-0.05, 0) is 22.9 Å². The van der Waals surface area contributed by atoms with Crippen molar-refractivity contribution in [2.24, 2.45) is 0 Å². The molecule has 3 heterocycles. The number of fused-ring (bicyclic) bond motifs is 1. The molecule has 0 spiro atoms. The normalized spacial score (nSPS) is 11.3. The monoisotopic (exact) mass is 324 g/mol. The van der Waals surface area contributed by atoms with Gasteiger partial charge in [-0.3, -0.25) is 4.79 Å². The maximum absolute atomic E-state index is 11.8. The fourth-order valence-corrected chi connectivity index (χ4v) is 2.50. The van der Waals surface area contributed by atoms with Crippen LogP contribution in [0.2, 0.25) is 0 Å². The van der Waals surface area contributed by atoms with Crippen molar-refractivity contribution in [3.05, 3.63) is 32.6 Å². The Morgan fingerprint density at radius 1 is 1.47 bits per heavy atom. The molecule has 0 amide bonds. The first-order valence-corrected chi connectivity index (χ1v) is 6.24. The highest BCUT2D eigenvalue weighted by Gasteiger charge is 2.20. The van der Waals surface area contributed by atoms with Crippen LogP contribution in [0.25, 0.3) is 22.4 Å². The molecule has 8 heteroatoms. The molecule has 98 valence electrons. The lowest BCUT2D eigenvalue weighted by Crippen LogP contribution is -2.04. The molecule has 0 saturated carbocycles. The van der Waals surface area contributed by atoms with Crippen LogP contribution in [0.4, 0.5) is 0 Å². The van der Waals surface area contributed by atoms with Crippen LogP contribution in [-0.2, 0) is 6.61 Å².